The summed E-state index contributed by atoms with van der Waals surface area (Å²) in [4.78, 5) is 6.73. The van der Waals surface area contributed by atoms with Gasteiger partial charge in [-0.15, -0.1) is 0 Å². The predicted molar refractivity (Wildman–Crippen MR) is 70.4 cm³/mol. The van der Waals surface area contributed by atoms with Gasteiger partial charge >= 0.3 is 0 Å². The zero-order valence-corrected chi connectivity index (χ0v) is 10.2. The molecule has 0 unspecified atom stereocenters. The monoisotopic (exact) mass is 251 g/mol. The van der Waals surface area contributed by atoms with E-state index < -0.39 is 6.17 Å². The highest BCUT2D eigenvalue weighted by Crippen LogP contribution is 2.31. The van der Waals surface area contributed by atoms with Gasteiger partial charge in [-0.3, -0.25) is 0 Å². The van der Waals surface area contributed by atoms with Gasteiger partial charge in [0, 0.05) is 18.8 Å². The molecule has 0 bridgehead atoms. The summed E-state index contributed by atoms with van der Waals surface area (Å²) in [6.45, 7) is 1.52. The maximum absolute atomic E-state index is 13.1. The van der Waals surface area contributed by atoms with E-state index in [1.165, 1.54) is 0 Å². The maximum Gasteiger partial charge on any atom is 0.186 e. The zero-order valence-electron chi connectivity index (χ0n) is 9.40. The van der Waals surface area contributed by atoms with Crippen LogP contribution in [0.15, 0.2) is 18.2 Å². The molecule has 17 heavy (non-hydrogen) atoms. The summed E-state index contributed by atoms with van der Waals surface area (Å²) in [5.41, 5.74) is 7.40. The van der Waals surface area contributed by atoms with Crippen molar-refractivity contribution in [2.75, 3.05) is 23.7 Å². The Kier molecular flexibility index (Phi) is 2.63. The summed E-state index contributed by atoms with van der Waals surface area (Å²) in [6.07, 6.45) is 0.576. The molecule has 2 heterocycles. The Morgan fingerprint density at radius 2 is 2.12 bits per heavy atom. The van der Waals surface area contributed by atoms with Gasteiger partial charge in [-0.2, -0.15) is 0 Å². The summed E-state index contributed by atoms with van der Waals surface area (Å²) in [5.74, 6) is 0. The van der Waals surface area contributed by atoms with Crippen LogP contribution < -0.4 is 10.6 Å². The third-order valence-corrected chi connectivity index (χ3v) is 4.19. The average molecular weight is 251 g/mol. The lowest BCUT2D eigenvalue weighted by atomic mass is 10.1. The summed E-state index contributed by atoms with van der Waals surface area (Å²) in [6, 6.07) is 5.77. The fourth-order valence-electron chi connectivity index (χ4n) is 2.11. The number of hydrogen-bond acceptors (Lipinski definition) is 4. The first kappa shape index (κ1) is 10.8. The second-order valence-electron chi connectivity index (χ2n) is 4.39. The van der Waals surface area contributed by atoms with Gasteiger partial charge in [0.05, 0.1) is 10.2 Å². The minimum absolute atomic E-state index is 0.609. The van der Waals surface area contributed by atoms with Crippen molar-refractivity contribution in [1.29, 1.82) is 0 Å². The molecule has 3 nitrogen and oxygen atoms in total. The number of piperidine rings is 1. The number of thiazole rings is 1. The Labute approximate surface area is 103 Å². The molecule has 2 aromatic rings. The lowest BCUT2D eigenvalue weighted by molar-refractivity contribution is 0.277. The molecule has 3 rings (SSSR count). The van der Waals surface area contributed by atoms with E-state index in [-0.39, 0.29) is 0 Å². The van der Waals surface area contributed by atoms with E-state index >= 15 is 0 Å². The van der Waals surface area contributed by atoms with Gasteiger partial charge in [0.1, 0.15) is 6.17 Å². The van der Waals surface area contributed by atoms with Crippen molar-refractivity contribution in [3.05, 3.63) is 18.2 Å². The number of nitrogen functional groups attached to an aromatic ring is 1. The van der Waals surface area contributed by atoms with Crippen molar-refractivity contribution in [1.82, 2.24) is 4.98 Å². The smallest absolute Gasteiger partial charge is 0.186 e. The maximum atomic E-state index is 13.1. The number of anilines is 2. The number of nitrogens with zero attached hydrogens (tertiary/aromatic N) is 2. The summed E-state index contributed by atoms with van der Waals surface area (Å²) >= 11 is 1.65. The lowest BCUT2D eigenvalue weighted by Crippen LogP contribution is -2.34. The zero-order chi connectivity index (χ0) is 11.8. The van der Waals surface area contributed by atoms with Crippen molar-refractivity contribution < 1.29 is 4.39 Å². The molecule has 1 aliphatic heterocycles. The molecule has 1 saturated heterocycles. The minimum Gasteiger partial charge on any atom is -0.399 e. The molecule has 1 aromatic heterocycles. The number of rotatable bonds is 1. The van der Waals surface area contributed by atoms with Gasteiger partial charge in [0.25, 0.3) is 0 Å². The highest BCUT2D eigenvalue weighted by Gasteiger charge is 2.20. The highest BCUT2D eigenvalue weighted by molar-refractivity contribution is 7.22. The van der Waals surface area contributed by atoms with Crippen LogP contribution in [0.1, 0.15) is 12.8 Å². The summed E-state index contributed by atoms with van der Waals surface area (Å²) in [7, 11) is 0. The Morgan fingerprint density at radius 3 is 2.88 bits per heavy atom. The van der Waals surface area contributed by atoms with Crippen LogP contribution in [0.4, 0.5) is 15.2 Å². The van der Waals surface area contributed by atoms with Crippen molar-refractivity contribution in [3.8, 4) is 0 Å². The van der Waals surface area contributed by atoms with Gasteiger partial charge in [0.15, 0.2) is 5.13 Å². The van der Waals surface area contributed by atoms with Crippen LogP contribution in [0, 0.1) is 0 Å². The Hall–Kier alpha value is -1.36. The number of nitrogens with two attached hydrogens (primary N) is 1. The Morgan fingerprint density at radius 1 is 1.35 bits per heavy atom. The largest absolute Gasteiger partial charge is 0.399 e. The average Bonchev–Trinajstić information content (AvgIpc) is 2.72. The number of fused-ring (bicyclic) bond motifs is 1. The lowest BCUT2D eigenvalue weighted by Gasteiger charge is -2.27. The Balaban J connectivity index is 1.90. The molecule has 1 fully saturated rings. The summed E-state index contributed by atoms with van der Waals surface area (Å²) in [5, 5.41) is 0.984. The first-order valence-electron chi connectivity index (χ1n) is 5.77. The SMILES string of the molecule is Nc1ccc2sc(N3CCC(F)CC3)nc2c1. The van der Waals surface area contributed by atoms with E-state index in [1.54, 1.807) is 11.3 Å². The molecule has 5 heteroatoms. The van der Waals surface area contributed by atoms with Crippen molar-refractivity contribution in [2.24, 2.45) is 0 Å². The topological polar surface area (TPSA) is 42.1 Å². The van der Waals surface area contributed by atoms with Crippen molar-refractivity contribution >= 4 is 32.4 Å². The van der Waals surface area contributed by atoms with E-state index in [1.807, 2.05) is 18.2 Å². The van der Waals surface area contributed by atoms with Crippen molar-refractivity contribution in [3.63, 3.8) is 0 Å². The first-order chi connectivity index (χ1) is 8.22. The highest BCUT2D eigenvalue weighted by atomic mass is 32.1. The second kappa shape index (κ2) is 4.14. The van der Waals surface area contributed by atoms with Crippen LogP contribution in [0.5, 0.6) is 0 Å². The number of halogens is 1. The molecule has 0 radical (unpaired) electrons. The van der Waals surface area contributed by atoms with Crippen molar-refractivity contribution in [2.45, 2.75) is 19.0 Å². The second-order valence-corrected chi connectivity index (χ2v) is 5.39. The van der Waals surface area contributed by atoms with Crippen LogP contribution in [-0.2, 0) is 0 Å². The molecular weight excluding hydrogens is 237 g/mol. The standard InChI is InChI=1S/C12H14FN3S/c13-8-3-5-16(6-4-8)12-15-10-7-9(14)1-2-11(10)17-12/h1-2,7-8H,3-6,14H2. The summed E-state index contributed by atoms with van der Waals surface area (Å²) < 4.78 is 14.2. The number of alkyl halides is 1. The van der Waals surface area contributed by atoms with E-state index in [4.69, 9.17) is 5.73 Å². The molecule has 0 amide bonds. The molecule has 0 saturated carbocycles. The third kappa shape index (κ3) is 2.07. The number of hydrogen-bond donors (Lipinski definition) is 1. The molecule has 2 N–H and O–H groups in total. The number of aromatic nitrogens is 1. The first-order valence-corrected chi connectivity index (χ1v) is 6.59. The van der Waals surface area contributed by atoms with Gasteiger partial charge in [-0.05, 0) is 31.0 Å². The normalized spacial score (nSPS) is 17.8. The molecular formula is C12H14FN3S. The van der Waals surface area contributed by atoms with E-state index in [0.29, 0.717) is 12.8 Å². The quantitative estimate of drug-likeness (QED) is 0.792. The third-order valence-electron chi connectivity index (χ3n) is 3.10. The van der Waals surface area contributed by atoms with E-state index in [2.05, 4.69) is 9.88 Å². The van der Waals surface area contributed by atoms with E-state index in [9.17, 15) is 4.39 Å². The van der Waals surface area contributed by atoms with Crippen LogP contribution >= 0.6 is 11.3 Å². The number of benzene rings is 1. The fourth-order valence-corrected chi connectivity index (χ4v) is 3.10. The van der Waals surface area contributed by atoms with Gasteiger partial charge in [0.2, 0.25) is 0 Å². The van der Waals surface area contributed by atoms with Gasteiger partial charge in [-0.25, -0.2) is 9.37 Å². The fraction of sp³-hybridized carbons (Fsp3) is 0.417. The Bertz CT molecular complexity index is 532. The van der Waals surface area contributed by atoms with Gasteiger partial charge < -0.3 is 10.6 Å². The van der Waals surface area contributed by atoms with Crippen LogP contribution in [0.3, 0.4) is 0 Å². The molecule has 0 atom stereocenters. The van der Waals surface area contributed by atoms with Crippen LogP contribution in [-0.4, -0.2) is 24.2 Å². The van der Waals surface area contributed by atoms with Gasteiger partial charge in [-0.1, -0.05) is 11.3 Å². The molecule has 90 valence electrons. The molecule has 0 spiro atoms. The minimum atomic E-state index is -0.642. The molecule has 0 aliphatic carbocycles. The van der Waals surface area contributed by atoms with Crippen LogP contribution in [0.2, 0.25) is 0 Å². The molecule has 1 aliphatic rings. The van der Waals surface area contributed by atoms with Crippen LogP contribution in [0.25, 0.3) is 10.2 Å². The predicted octanol–water partition coefficient (Wildman–Crippen LogP) is 2.82. The van der Waals surface area contributed by atoms with E-state index in [0.717, 1.165) is 34.1 Å². The molecule has 1 aromatic carbocycles.